The summed E-state index contributed by atoms with van der Waals surface area (Å²) in [7, 11) is 1.39. The minimum absolute atomic E-state index is 0.00488. The lowest BCUT2D eigenvalue weighted by atomic mass is 9.99. The predicted molar refractivity (Wildman–Crippen MR) is 127 cm³/mol. The molecule has 0 saturated carbocycles. The number of aliphatic hydroxyl groups excluding tert-OH is 1. The first-order valence-electron chi connectivity index (χ1n) is 10.3. The molecule has 33 heavy (non-hydrogen) atoms. The highest BCUT2D eigenvalue weighted by Gasteiger charge is 2.36. The van der Waals surface area contributed by atoms with Crippen molar-refractivity contribution in [3.8, 4) is 5.75 Å². The number of anilines is 2. The van der Waals surface area contributed by atoms with Crippen LogP contribution in [0.2, 0.25) is 0 Å². The molecule has 1 unspecified atom stereocenters. The fourth-order valence-corrected chi connectivity index (χ4v) is 4.69. The maximum Gasteiger partial charge on any atom is 0.387 e. The quantitative estimate of drug-likeness (QED) is 0.321. The van der Waals surface area contributed by atoms with Gasteiger partial charge in [-0.1, -0.05) is 13.0 Å². The van der Waals surface area contributed by atoms with Crippen LogP contribution in [0.15, 0.2) is 42.5 Å². The second-order valence-corrected chi connectivity index (χ2v) is 9.29. The van der Waals surface area contributed by atoms with Gasteiger partial charge in [-0.3, -0.25) is 9.00 Å². The van der Waals surface area contributed by atoms with Gasteiger partial charge in [-0.25, -0.2) is 0 Å². The summed E-state index contributed by atoms with van der Waals surface area (Å²) >= 11 is 0. The normalized spacial score (nSPS) is 20.2. The number of alkyl halides is 2. The Bertz CT molecular complexity index is 995. The lowest BCUT2D eigenvalue weighted by Crippen LogP contribution is -2.58. The van der Waals surface area contributed by atoms with E-state index in [2.05, 4.69) is 22.3 Å². The number of benzene rings is 2. The van der Waals surface area contributed by atoms with Gasteiger partial charge in [0.2, 0.25) is 0 Å². The van der Waals surface area contributed by atoms with Gasteiger partial charge in [0.25, 0.3) is 0 Å². The second-order valence-electron chi connectivity index (χ2n) is 7.83. The fraction of sp³-hybridized carbons (Fsp3) is 0.391. The second kappa shape index (κ2) is 12.0. The van der Waals surface area contributed by atoms with Crippen molar-refractivity contribution in [2.75, 3.05) is 23.9 Å². The van der Waals surface area contributed by atoms with Crippen molar-refractivity contribution in [1.29, 1.82) is 5.41 Å². The number of halogens is 2. The molecule has 1 heterocycles. The van der Waals surface area contributed by atoms with Crippen LogP contribution < -0.4 is 15.4 Å². The van der Waals surface area contributed by atoms with Gasteiger partial charge in [-0.05, 0) is 50.7 Å². The van der Waals surface area contributed by atoms with Crippen LogP contribution in [0, 0.1) is 5.41 Å². The van der Waals surface area contributed by atoms with E-state index in [0.29, 0.717) is 35.2 Å². The topological polar surface area (TPSA) is 112 Å². The Morgan fingerprint density at radius 3 is 2.52 bits per heavy atom. The monoisotopic (exact) mass is 481 g/mol. The minimum atomic E-state index is -2.93. The number of ether oxygens (including phenoxy) is 1. The molecule has 7 nitrogen and oxygen atoms in total. The van der Waals surface area contributed by atoms with E-state index in [1.807, 2.05) is 7.05 Å². The smallest absolute Gasteiger partial charge is 0.387 e. The van der Waals surface area contributed by atoms with E-state index >= 15 is 0 Å². The number of aldehydes is 1. The van der Waals surface area contributed by atoms with Crippen molar-refractivity contribution in [2.45, 2.75) is 38.5 Å². The van der Waals surface area contributed by atoms with Gasteiger partial charge in [0.15, 0.2) is 0 Å². The Morgan fingerprint density at radius 2 is 2.00 bits per heavy atom. The molecule has 3 rings (SSSR count). The Kier molecular flexibility index (Phi) is 9.63. The highest BCUT2D eigenvalue weighted by Crippen LogP contribution is 2.26. The first-order chi connectivity index (χ1) is 15.6. The highest BCUT2D eigenvalue weighted by molar-refractivity contribution is 7.86. The third-order valence-electron chi connectivity index (χ3n) is 5.09. The van der Waals surface area contributed by atoms with Gasteiger partial charge in [0.05, 0.1) is 11.8 Å². The zero-order valence-electron chi connectivity index (χ0n) is 18.7. The van der Waals surface area contributed by atoms with Gasteiger partial charge < -0.3 is 25.9 Å². The Morgan fingerprint density at radius 1 is 1.30 bits per heavy atom. The number of carbonyl (C=O) groups is 1. The standard InChI is InChI=1S/C18H18F2N2O3.C5H11NOS/c1-2-16(24)17(21)14-8-11(10-23)6-7-15(14)22-12-4-3-5-13(9-12)25-18(19)20;1-5(6-2)3-8(7)4-5/h3-10,16,18,21-22,24H,2H2,1H3;6H,3-4H2,1-2H3. The summed E-state index contributed by atoms with van der Waals surface area (Å²) in [6.07, 6.45) is 0.0213. The van der Waals surface area contributed by atoms with E-state index in [9.17, 15) is 22.9 Å². The van der Waals surface area contributed by atoms with E-state index in [0.717, 1.165) is 11.5 Å². The number of hydrogen-bond acceptors (Lipinski definition) is 7. The van der Waals surface area contributed by atoms with Crippen LogP contribution in [0.25, 0.3) is 0 Å². The lowest BCUT2D eigenvalue weighted by molar-refractivity contribution is -0.0498. The van der Waals surface area contributed by atoms with Crippen molar-refractivity contribution in [3.05, 3.63) is 53.6 Å². The number of aliphatic hydroxyl groups is 1. The largest absolute Gasteiger partial charge is 0.435 e. The molecule has 2 aromatic rings. The maximum absolute atomic E-state index is 12.3. The maximum atomic E-state index is 12.3. The molecular weight excluding hydrogens is 452 g/mol. The van der Waals surface area contributed by atoms with Crippen LogP contribution in [-0.4, -0.2) is 58.1 Å². The van der Waals surface area contributed by atoms with E-state index in [1.165, 1.54) is 18.2 Å². The number of carbonyl (C=O) groups excluding carboxylic acids is 1. The molecule has 2 aromatic carbocycles. The van der Waals surface area contributed by atoms with E-state index < -0.39 is 23.5 Å². The van der Waals surface area contributed by atoms with Crippen molar-refractivity contribution >= 4 is 34.2 Å². The number of nitrogens with one attached hydrogen (secondary N) is 3. The molecule has 1 atom stereocenters. The molecule has 1 aliphatic heterocycles. The summed E-state index contributed by atoms with van der Waals surface area (Å²) in [5.41, 5.74) is 1.82. The molecule has 0 aromatic heterocycles. The van der Waals surface area contributed by atoms with Crippen LogP contribution in [0.5, 0.6) is 5.75 Å². The summed E-state index contributed by atoms with van der Waals surface area (Å²) in [4.78, 5) is 11.0. The summed E-state index contributed by atoms with van der Waals surface area (Å²) in [5, 5.41) is 24.2. The summed E-state index contributed by atoms with van der Waals surface area (Å²) in [6.45, 7) is 0.903. The van der Waals surface area contributed by atoms with Gasteiger partial charge in [0, 0.05) is 56.4 Å². The third kappa shape index (κ3) is 7.69. The molecule has 1 aliphatic rings. The molecular formula is C23H29F2N3O4S. The SMILES string of the molecule is CCC(O)C(=N)c1cc(C=O)ccc1Nc1cccc(OC(F)F)c1.CNC1(C)CS(=O)C1. The average molecular weight is 482 g/mol. The van der Waals surface area contributed by atoms with E-state index in [1.54, 1.807) is 31.2 Å². The Hall–Kier alpha value is -2.69. The van der Waals surface area contributed by atoms with Gasteiger partial charge >= 0.3 is 6.61 Å². The summed E-state index contributed by atoms with van der Waals surface area (Å²) in [5.74, 6) is 1.64. The van der Waals surface area contributed by atoms with E-state index in [4.69, 9.17) is 5.41 Å². The Labute approximate surface area is 194 Å². The molecule has 0 bridgehead atoms. The van der Waals surface area contributed by atoms with Crippen molar-refractivity contribution < 1.29 is 27.6 Å². The number of rotatable bonds is 9. The van der Waals surface area contributed by atoms with Crippen molar-refractivity contribution in [3.63, 3.8) is 0 Å². The van der Waals surface area contributed by atoms with Gasteiger partial charge in [-0.2, -0.15) is 8.78 Å². The first-order valence-corrected chi connectivity index (χ1v) is 11.8. The molecule has 0 aliphatic carbocycles. The minimum Gasteiger partial charge on any atom is -0.435 e. The fourth-order valence-electron chi connectivity index (χ4n) is 3.07. The molecule has 1 fully saturated rings. The molecule has 0 radical (unpaired) electrons. The van der Waals surface area contributed by atoms with Gasteiger partial charge in [-0.15, -0.1) is 0 Å². The van der Waals surface area contributed by atoms with Gasteiger partial charge in [0.1, 0.15) is 12.0 Å². The van der Waals surface area contributed by atoms with Crippen LogP contribution in [-0.2, 0) is 10.8 Å². The summed E-state index contributed by atoms with van der Waals surface area (Å²) in [6, 6.07) is 10.6. The van der Waals surface area contributed by atoms with Crippen molar-refractivity contribution in [2.24, 2.45) is 0 Å². The van der Waals surface area contributed by atoms with Crippen molar-refractivity contribution in [1.82, 2.24) is 5.32 Å². The Balaban J connectivity index is 0.000000405. The zero-order valence-corrected chi connectivity index (χ0v) is 19.5. The summed E-state index contributed by atoms with van der Waals surface area (Å²) < 4.78 is 39.6. The highest BCUT2D eigenvalue weighted by atomic mass is 32.2. The van der Waals surface area contributed by atoms with Crippen LogP contribution in [0.1, 0.15) is 36.2 Å². The van der Waals surface area contributed by atoms with Crippen LogP contribution >= 0.6 is 0 Å². The number of hydrogen-bond donors (Lipinski definition) is 4. The lowest BCUT2D eigenvalue weighted by Gasteiger charge is -2.36. The molecule has 180 valence electrons. The molecule has 1 saturated heterocycles. The first kappa shape index (κ1) is 26.6. The average Bonchev–Trinajstić information content (AvgIpc) is 2.77. The molecule has 0 spiro atoms. The molecule has 10 heteroatoms. The van der Waals surface area contributed by atoms with E-state index in [-0.39, 0.29) is 17.0 Å². The zero-order chi connectivity index (χ0) is 24.6. The van der Waals surface area contributed by atoms with Crippen LogP contribution in [0.3, 0.4) is 0 Å². The third-order valence-corrected chi connectivity index (χ3v) is 7.01. The predicted octanol–water partition coefficient (Wildman–Crippen LogP) is 3.71. The van der Waals surface area contributed by atoms with Crippen LogP contribution in [0.4, 0.5) is 20.2 Å². The molecule has 4 N–H and O–H groups in total. The molecule has 0 amide bonds.